The highest BCUT2D eigenvalue weighted by Gasteiger charge is 2.39. The molecule has 7 nitrogen and oxygen atoms in total. The zero-order chi connectivity index (χ0) is 23.2. The van der Waals surface area contributed by atoms with Gasteiger partial charge in [-0.1, -0.05) is 71.9 Å². The maximum atomic E-state index is 5.99. The Hall–Kier alpha value is -4.52. The lowest BCUT2D eigenvalue weighted by Crippen LogP contribution is -2.24. The molecule has 1 aliphatic carbocycles. The molecule has 1 N–H and O–H groups in total. The van der Waals surface area contributed by atoms with Crippen LogP contribution in [-0.4, -0.2) is 25.8 Å². The summed E-state index contributed by atoms with van der Waals surface area (Å²) in [4.78, 5) is 2.42. The lowest BCUT2D eigenvalue weighted by atomic mass is 9.88. The van der Waals surface area contributed by atoms with Gasteiger partial charge in [0.1, 0.15) is 5.69 Å². The van der Waals surface area contributed by atoms with E-state index >= 15 is 0 Å². The van der Waals surface area contributed by atoms with Gasteiger partial charge in [-0.25, -0.2) is 0 Å². The molecule has 0 saturated heterocycles. The van der Waals surface area contributed by atoms with Crippen LogP contribution in [0.2, 0.25) is 0 Å². The quantitative estimate of drug-likeness (QED) is 0.365. The number of fused-ring (bicyclic) bond motifs is 2. The molecule has 1 unspecified atom stereocenters. The standard InChI is InChI=1S/C28H22N6O/c1-2-8-19(9-3-1)24-17-27(35-31-24)26-16-23-22-12-5-4-7-18(22)13-14-25(23)34(26)21-11-6-10-20(15-21)28-29-32-33-30-28/h1-12,15,17,26H,13-14,16H2,(H,29,30,32,33). The van der Waals surface area contributed by atoms with Crippen molar-refractivity contribution in [1.82, 2.24) is 25.8 Å². The van der Waals surface area contributed by atoms with Gasteiger partial charge in [0.2, 0.25) is 5.82 Å². The molecule has 0 saturated carbocycles. The predicted octanol–water partition coefficient (Wildman–Crippen LogP) is 5.83. The van der Waals surface area contributed by atoms with E-state index in [9.17, 15) is 0 Å². The second-order valence-electron chi connectivity index (χ2n) is 8.94. The van der Waals surface area contributed by atoms with Crippen LogP contribution in [0.3, 0.4) is 0 Å². The van der Waals surface area contributed by atoms with Gasteiger partial charge in [-0.3, -0.25) is 0 Å². The molecule has 7 rings (SSSR count). The van der Waals surface area contributed by atoms with Crippen molar-refractivity contribution in [1.29, 1.82) is 0 Å². The van der Waals surface area contributed by atoms with Crippen LogP contribution in [0.25, 0.3) is 28.2 Å². The Morgan fingerprint density at radius 2 is 1.71 bits per heavy atom. The summed E-state index contributed by atoms with van der Waals surface area (Å²) < 4.78 is 5.99. The molecule has 35 heavy (non-hydrogen) atoms. The summed E-state index contributed by atoms with van der Waals surface area (Å²) in [6.07, 6.45) is 2.87. The minimum absolute atomic E-state index is 0.0108. The van der Waals surface area contributed by atoms with Crippen LogP contribution >= 0.6 is 0 Å². The lowest BCUT2D eigenvalue weighted by molar-refractivity contribution is 0.364. The van der Waals surface area contributed by atoms with E-state index in [0.29, 0.717) is 5.82 Å². The van der Waals surface area contributed by atoms with E-state index in [-0.39, 0.29) is 6.04 Å². The third-order valence-corrected chi connectivity index (χ3v) is 6.98. The van der Waals surface area contributed by atoms with Crippen molar-refractivity contribution >= 4 is 11.3 Å². The molecule has 3 aromatic carbocycles. The number of aromatic amines is 1. The fourth-order valence-electron chi connectivity index (χ4n) is 5.39. The third-order valence-electron chi connectivity index (χ3n) is 6.98. The molecule has 1 atom stereocenters. The molecule has 1 aliphatic heterocycles. The number of aromatic nitrogens is 5. The minimum Gasteiger partial charge on any atom is -0.359 e. The second-order valence-corrected chi connectivity index (χ2v) is 8.94. The molecular formula is C28H22N6O. The number of aryl methyl sites for hydroxylation is 1. The van der Waals surface area contributed by atoms with Gasteiger partial charge in [0, 0.05) is 35.0 Å². The molecule has 170 valence electrons. The fourth-order valence-corrected chi connectivity index (χ4v) is 5.39. The van der Waals surface area contributed by atoms with Gasteiger partial charge < -0.3 is 9.42 Å². The second kappa shape index (κ2) is 8.06. The fraction of sp³-hybridized carbons (Fsp3) is 0.143. The number of rotatable bonds is 4. The molecule has 0 fully saturated rings. The summed E-state index contributed by atoms with van der Waals surface area (Å²) in [6, 6.07) is 29.3. The minimum atomic E-state index is 0.0108. The third kappa shape index (κ3) is 3.35. The maximum Gasteiger partial charge on any atom is 0.204 e. The van der Waals surface area contributed by atoms with Crippen LogP contribution in [0.15, 0.2) is 95.1 Å². The summed E-state index contributed by atoms with van der Waals surface area (Å²) in [5.74, 6) is 1.44. The molecule has 0 bridgehead atoms. The first kappa shape index (κ1) is 19.9. The smallest absolute Gasteiger partial charge is 0.204 e. The number of hydrogen-bond acceptors (Lipinski definition) is 6. The van der Waals surface area contributed by atoms with Crippen LogP contribution in [0, 0.1) is 0 Å². The van der Waals surface area contributed by atoms with Crippen molar-refractivity contribution in [3.05, 3.63) is 108 Å². The Morgan fingerprint density at radius 1 is 0.857 bits per heavy atom. The molecule has 0 amide bonds. The summed E-state index contributed by atoms with van der Waals surface area (Å²) >= 11 is 0. The first-order valence-corrected chi connectivity index (χ1v) is 11.8. The van der Waals surface area contributed by atoms with E-state index in [0.717, 1.165) is 47.5 Å². The van der Waals surface area contributed by atoms with Gasteiger partial charge in [-0.2, -0.15) is 5.21 Å². The van der Waals surface area contributed by atoms with Crippen LogP contribution in [0.4, 0.5) is 5.69 Å². The molecule has 7 heteroatoms. The molecule has 2 aromatic heterocycles. The average Bonchev–Trinajstić information content (AvgIpc) is 3.69. The van der Waals surface area contributed by atoms with Gasteiger partial charge in [-0.05, 0) is 46.9 Å². The van der Waals surface area contributed by atoms with Crippen molar-refractivity contribution in [3.63, 3.8) is 0 Å². The molecule has 3 heterocycles. The Balaban J connectivity index is 1.35. The van der Waals surface area contributed by atoms with Crippen molar-refractivity contribution in [2.45, 2.75) is 25.3 Å². The zero-order valence-electron chi connectivity index (χ0n) is 18.9. The number of benzene rings is 3. The van der Waals surface area contributed by atoms with Crippen LogP contribution < -0.4 is 4.90 Å². The maximum absolute atomic E-state index is 5.99. The van der Waals surface area contributed by atoms with Crippen LogP contribution in [0.1, 0.15) is 35.8 Å². The van der Waals surface area contributed by atoms with Crippen LogP contribution in [0.5, 0.6) is 0 Å². The summed E-state index contributed by atoms with van der Waals surface area (Å²) in [5, 5.41) is 19.1. The van der Waals surface area contributed by atoms with E-state index in [4.69, 9.17) is 4.52 Å². The highest BCUT2D eigenvalue weighted by Crippen LogP contribution is 2.50. The molecule has 0 radical (unpaired) electrons. The number of nitrogens with one attached hydrogen (secondary N) is 1. The monoisotopic (exact) mass is 458 g/mol. The van der Waals surface area contributed by atoms with Crippen molar-refractivity contribution < 1.29 is 4.52 Å². The Morgan fingerprint density at radius 3 is 2.60 bits per heavy atom. The van der Waals surface area contributed by atoms with E-state index in [2.05, 4.69) is 85.3 Å². The summed E-state index contributed by atoms with van der Waals surface area (Å²) in [6.45, 7) is 0. The van der Waals surface area contributed by atoms with Gasteiger partial charge in [0.05, 0.1) is 6.04 Å². The first-order chi connectivity index (χ1) is 17.3. The van der Waals surface area contributed by atoms with Crippen molar-refractivity contribution in [2.75, 3.05) is 4.90 Å². The summed E-state index contributed by atoms with van der Waals surface area (Å²) in [7, 11) is 0. The Labute approximate surface area is 202 Å². The van der Waals surface area contributed by atoms with E-state index in [1.54, 1.807) is 0 Å². The first-order valence-electron chi connectivity index (χ1n) is 11.8. The van der Waals surface area contributed by atoms with Gasteiger partial charge in [-0.15, -0.1) is 10.2 Å². The van der Waals surface area contributed by atoms with Crippen molar-refractivity contribution in [3.8, 4) is 22.6 Å². The zero-order valence-corrected chi connectivity index (χ0v) is 18.9. The van der Waals surface area contributed by atoms with Gasteiger partial charge >= 0.3 is 0 Å². The van der Waals surface area contributed by atoms with E-state index < -0.39 is 0 Å². The molecule has 2 aliphatic rings. The molecule has 5 aromatic rings. The van der Waals surface area contributed by atoms with E-state index in [1.165, 1.54) is 22.4 Å². The van der Waals surface area contributed by atoms with Gasteiger partial charge in [0.25, 0.3) is 0 Å². The summed E-state index contributed by atoms with van der Waals surface area (Å²) in [5.41, 5.74) is 9.40. The van der Waals surface area contributed by atoms with Crippen molar-refractivity contribution in [2.24, 2.45) is 0 Å². The van der Waals surface area contributed by atoms with Crippen LogP contribution in [-0.2, 0) is 6.42 Å². The normalized spacial score (nSPS) is 16.9. The number of tetrazole rings is 1. The number of anilines is 1. The number of H-pyrrole nitrogens is 1. The topological polar surface area (TPSA) is 83.7 Å². The lowest BCUT2D eigenvalue weighted by Gasteiger charge is -2.30. The van der Waals surface area contributed by atoms with E-state index in [1.807, 2.05) is 30.3 Å². The number of nitrogens with zero attached hydrogens (tertiary/aromatic N) is 5. The number of hydrogen-bond donors (Lipinski definition) is 1. The Bertz CT molecular complexity index is 1540. The largest absolute Gasteiger partial charge is 0.359 e. The average molecular weight is 459 g/mol. The molecular weight excluding hydrogens is 436 g/mol. The molecule has 0 spiro atoms. The highest BCUT2D eigenvalue weighted by atomic mass is 16.5. The Kier molecular flexibility index (Phi) is 4.58. The predicted molar refractivity (Wildman–Crippen MR) is 133 cm³/mol. The number of allylic oxidation sites excluding steroid dienone is 1. The SMILES string of the molecule is c1ccc(-c2cc(C3CC4=C(CCc5ccccc54)N3c3cccc(-c4nn[nH]n4)c3)on2)cc1. The highest BCUT2D eigenvalue weighted by molar-refractivity contribution is 5.82. The van der Waals surface area contributed by atoms with Gasteiger partial charge in [0.15, 0.2) is 5.76 Å².